The molecule has 0 saturated carbocycles. The number of ketones is 1. The van der Waals surface area contributed by atoms with E-state index in [-0.39, 0.29) is 25.3 Å². The van der Waals surface area contributed by atoms with Gasteiger partial charge in [-0.25, -0.2) is 0 Å². The molecule has 1 heterocycles. The first-order valence-electron chi connectivity index (χ1n) is 3.93. The van der Waals surface area contributed by atoms with Crippen LogP contribution >= 0.6 is 0 Å². The van der Waals surface area contributed by atoms with Gasteiger partial charge in [-0.1, -0.05) is 13.8 Å². The summed E-state index contributed by atoms with van der Waals surface area (Å²) in [4.78, 5) is 10.6. The minimum Gasteiger partial charge on any atom is -0.345 e. The number of hydrogen-bond donors (Lipinski definition) is 0. The van der Waals surface area contributed by atoms with Crippen LogP contribution in [0.5, 0.6) is 0 Å². The van der Waals surface area contributed by atoms with Gasteiger partial charge in [0.05, 0.1) is 0 Å². The third-order valence-corrected chi connectivity index (χ3v) is 1.52. The summed E-state index contributed by atoms with van der Waals surface area (Å²) in [7, 11) is 0. The summed E-state index contributed by atoms with van der Waals surface area (Å²) in [5.41, 5.74) is 0. The van der Waals surface area contributed by atoms with E-state index in [2.05, 4.69) is 13.8 Å². The van der Waals surface area contributed by atoms with Crippen molar-refractivity contribution in [2.45, 2.75) is 26.6 Å². The van der Waals surface area contributed by atoms with Crippen molar-refractivity contribution < 1.29 is 14.3 Å². The van der Waals surface area contributed by atoms with E-state index >= 15 is 0 Å². The molecule has 0 aromatic heterocycles. The summed E-state index contributed by atoms with van der Waals surface area (Å²) in [6.45, 7) is 4.64. The third-order valence-electron chi connectivity index (χ3n) is 1.52. The van der Waals surface area contributed by atoms with Gasteiger partial charge in [-0.3, -0.25) is 4.79 Å². The number of rotatable bonds is 2. The summed E-state index contributed by atoms with van der Waals surface area (Å²) in [5, 5.41) is 0. The third kappa shape index (κ3) is 2.99. The van der Waals surface area contributed by atoms with Crippen molar-refractivity contribution in [1.29, 1.82) is 0 Å². The predicted molar refractivity (Wildman–Crippen MR) is 40.2 cm³/mol. The Hall–Kier alpha value is -0.410. The van der Waals surface area contributed by atoms with Crippen LogP contribution in [0, 0.1) is 5.92 Å². The highest BCUT2D eigenvalue weighted by Crippen LogP contribution is 2.12. The Labute approximate surface area is 66.7 Å². The van der Waals surface area contributed by atoms with Gasteiger partial charge in [0, 0.05) is 6.42 Å². The molecule has 0 radical (unpaired) electrons. The Bertz CT molecular complexity index is 132. The molecular formula is C8H14O3. The number of Topliss-reactive ketones (excluding diaryl/α,β-unsaturated/α-hetero) is 1. The van der Waals surface area contributed by atoms with Crippen molar-refractivity contribution in [1.82, 2.24) is 0 Å². The summed E-state index contributed by atoms with van der Waals surface area (Å²) >= 11 is 0. The summed E-state index contributed by atoms with van der Waals surface area (Å²) in [6, 6.07) is 0. The maximum atomic E-state index is 10.6. The summed E-state index contributed by atoms with van der Waals surface area (Å²) < 4.78 is 10.3. The molecule has 3 nitrogen and oxygen atoms in total. The van der Waals surface area contributed by atoms with Crippen LogP contribution in [0.25, 0.3) is 0 Å². The Morgan fingerprint density at radius 2 is 2.00 bits per heavy atom. The van der Waals surface area contributed by atoms with Gasteiger partial charge in [0.15, 0.2) is 12.1 Å². The second kappa shape index (κ2) is 3.83. The molecule has 0 aromatic carbocycles. The zero-order chi connectivity index (χ0) is 8.27. The molecule has 1 aliphatic heterocycles. The number of ether oxygens (including phenoxy) is 2. The van der Waals surface area contributed by atoms with E-state index in [4.69, 9.17) is 9.47 Å². The van der Waals surface area contributed by atoms with E-state index in [1.165, 1.54) is 0 Å². The SMILES string of the molecule is CC(C)CC1OCC(=O)CO1. The quantitative estimate of drug-likeness (QED) is 0.600. The van der Waals surface area contributed by atoms with Crippen LogP contribution in [0.15, 0.2) is 0 Å². The van der Waals surface area contributed by atoms with Gasteiger partial charge < -0.3 is 9.47 Å². The minimum absolute atomic E-state index is 0.0324. The average Bonchev–Trinajstić information content (AvgIpc) is 1.93. The van der Waals surface area contributed by atoms with Gasteiger partial charge in [-0.15, -0.1) is 0 Å². The zero-order valence-electron chi connectivity index (χ0n) is 7.00. The van der Waals surface area contributed by atoms with Gasteiger partial charge in [-0.05, 0) is 5.92 Å². The van der Waals surface area contributed by atoms with E-state index < -0.39 is 0 Å². The van der Waals surface area contributed by atoms with Gasteiger partial charge in [0.25, 0.3) is 0 Å². The molecule has 1 aliphatic rings. The molecule has 0 N–H and O–H groups in total. The van der Waals surface area contributed by atoms with Gasteiger partial charge in [-0.2, -0.15) is 0 Å². The van der Waals surface area contributed by atoms with Gasteiger partial charge in [0.2, 0.25) is 0 Å². The molecule has 0 spiro atoms. The first kappa shape index (κ1) is 8.68. The highest BCUT2D eigenvalue weighted by Gasteiger charge is 2.19. The molecule has 0 unspecified atom stereocenters. The van der Waals surface area contributed by atoms with Gasteiger partial charge in [0.1, 0.15) is 13.2 Å². The lowest BCUT2D eigenvalue weighted by Crippen LogP contribution is -2.32. The lowest BCUT2D eigenvalue weighted by Gasteiger charge is -2.23. The van der Waals surface area contributed by atoms with Crippen LogP contribution in [0.1, 0.15) is 20.3 Å². The molecular weight excluding hydrogens is 144 g/mol. The maximum Gasteiger partial charge on any atom is 0.184 e. The van der Waals surface area contributed by atoms with Crippen molar-refractivity contribution in [3.8, 4) is 0 Å². The number of carbonyl (C=O) groups is 1. The highest BCUT2D eigenvalue weighted by molar-refractivity contribution is 5.81. The number of hydrogen-bond acceptors (Lipinski definition) is 3. The van der Waals surface area contributed by atoms with Crippen LogP contribution in [-0.4, -0.2) is 25.3 Å². The molecule has 0 atom stereocenters. The van der Waals surface area contributed by atoms with Gasteiger partial charge >= 0.3 is 0 Å². The van der Waals surface area contributed by atoms with E-state index in [1.807, 2.05) is 0 Å². The smallest absolute Gasteiger partial charge is 0.184 e. The molecule has 1 saturated heterocycles. The normalized spacial score (nSPS) is 21.2. The van der Waals surface area contributed by atoms with Crippen molar-refractivity contribution in [3.63, 3.8) is 0 Å². The summed E-state index contributed by atoms with van der Waals surface area (Å²) in [6.07, 6.45) is 0.709. The fourth-order valence-corrected chi connectivity index (χ4v) is 0.983. The Kier molecular flexibility index (Phi) is 3.02. The number of carbonyl (C=O) groups excluding carboxylic acids is 1. The molecule has 3 heteroatoms. The lowest BCUT2D eigenvalue weighted by molar-refractivity contribution is -0.190. The topological polar surface area (TPSA) is 35.5 Å². The zero-order valence-corrected chi connectivity index (χ0v) is 7.00. The van der Waals surface area contributed by atoms with Crippen LogP contribution in [-0.2, 0) is 14.3 Å². The van der Waals surface area contributed by atoms with E-state index in [0.29, 0.717) is 5.92 Å². The molecule has 1 rings (SSSR count). The largest absolute Gasteiger partial charge is 0.345 e. The van der Waals surface area contributed by atoms with Crippen LogP contribution in [0.4, 0.5) is 0 Å². The average molecular weight is 158 g/mol. The standard InChI is InChI=1S/C8H14O3/c1-6(2)3-8-10-4-7(9)5-11-8/h6,8H,3-5H2,1-2H3. The Morgan fingerprint density at radius 1 is 1.45 bits per heavy atom. The highest BCUT2D eigenvalue weighted by atomic mass is 16.7. The van der Waals surface area contributed by atoms with Crippen molar-refractivity contribution in [2.24, 2.45) is 5.92 Å². The second-order valence-electron chi connectivity index (χ2n) is 3.22. The van der Waals surface area contributed by atoms with Crippen molar-refractivity contribution in [2.75, 3.05) is 13.2 Å². The molecule has 0 aliphatic carbocycles. The van der Waals surface area contributed by atoms with E-state index in [0.717, 1.165) is 6.42 Å². The maximum absolute atomic E-state index is 10.6. The molecule has 1 fully saturated rings. The second-order valence-corrected chi connectivity index (χ2v) is 3.22. The monoisotopic (exact) mass is 158 g/mol. The lowest BCUT2D eigenvalue weighted by atomic mass is 10.1. The summed E-state index contributed by atoms with van der Waals surface area (Å²) in [5.74, 6) is 0.582. The minimum atomic E-state index is -0.160. The molecule has 0 amide bonds. The molecule has 0 bridgehead atoms. The fourth-order valence-electron chi connectivity index (χ4n) is 0.983. The Morgan fingerprint density at radius 3 is 2.45 bits per heavy atom. The van der Waals surface area contributed by atoms with Crippen LogP contribution < -0.4 is 0 Å². The molecule has 0 aromatic rings. The fraction of sp³-hybridized carbons (Fsp3) is 0.875. The van der Waals surface area contributed by atoms with Crippen LogP contribution in [0.2, 0.25) is 0 Å². The van der Waals surface area contributed by atoms with Crippen molar-refractivity contribution >= 4 is 5.78 Å². The van der Waals surface area contributed by atoms with E-state index in [9.17, 15) is 4.79 Å². The van der Waals surface area contributed by atoms with Crippen LogP contribution in [0.3, 0.4) is 0 Å². The molecule has 64 valence electrons. The predicted octanol–water partition coefficient (Wildman–Crippen LogP) is 0.975. The molecule has 11 heavy (non-hydrogen) atoms. The Balaban J connectivity index is 2.22. The first-order chi connectivity index (χ1) is 5.18. The first-order valence-corrected chi connectivity index (χ1v) is 3.93. The van der Waals surface area contributed by atoms with E-state index in [1.54, 1.807) is 0 Å². The van der Waals surface area contributed by atoms with Crippen molar-refractivity contribution in [3.05, 3.63) is 0 Å².